The predicted molar refractivity (Wildman–Crippen MR) is 144 cm³/mol. The summed E-state index contributed by atoms with van der Waals surface area (Å²) in [7, 11) is 0. The number of hydrogen-bond donors (Lipinski definition) is 3. The molecule has 2 aromatic rings. The van der Waals surface area contributed by atoms with Crippen LogP contribution in [0, 0.1) is 5.41 Å². The topological polar surface area (TPSA) is 103 Å². The average molecular weight is 490 g/mol. The van der Waals surface area contributed by atoms with Crippen molar-refractivity contribution in [2.75, 3.05) is 18.0 Å². The highest BCUT2D eigenvalue weighted by Crippen LogP contribution is 2.28. The van der Waals surface area contributed by atoms with Gasteiger partial charge < -0.3 is 16.0 Å². The van der Waals surface area contributed by atoms with E-state index >= 15 is 0 Å². The number of amides is 3. The lowest BCUT2D eigenvalue weighted by Gasteiger charge is -2.36. The number of likely N-dealkylation sites (tertiary alicyclic amines) is 1. The number of carbonyl (C=O) groups is 2. The number of urea groups is 1. The fourth-order valence-corrected chi connectivity index (χ4v) is 5.40. The van der Waals surface area contributed by atoms with E-state index in [-0.39, 0.29) is 29.9 Å². The number of rotatable bonds is 7. The molecule has 0 radical (unpaired) electrons. The highest BCUT2D eigenvalue weighted by molar-refractivity contribution is 5.98. The molecule has 2 aromatic carbocycles. The highest BCUT2D eigenvalue weighted by atomic mass is 16.2. The van der Waals surface area contributed by atoms with Crippen LogP contribution in [-0.2, 0) is 11.2 Å². The first-order valence-corrected chi connectivity index (χ1v) is 13.4. The number of nitrogens with one attached hydrogen (secondary N) is 2. The van der Waals surface area contributed by atoms with Gasteiger partial charge in [0.15, 0.2) is 0 Å². The molecule has 36 heavy (non-hydrogen) atoms. The number of nitrogens with zero attached hydrogens (tertiary/aromatic N) is 2. The van der Waals surface area contributed by atoms with Gasteiger partial charge in [0.05, 0.1) is 0 Å². The van der Waals surface area contributed by atoms with Gasteiger partial charge in [0.25, 0.3) is 0 Å². The van der Waals surface area contributed by atoms with Crippen molar-refractivity contribution in [2.24, 2.45) is 5.73 Å². The molecule has 2 fully saturated rings. The summed E-state index contributed by atoms with van der Waals surface area (Å²) in [6.07, 6.45) is 9.39. The van der Waals surface area contributed by atoms with E-state index in [0.717, 1.165) is 50.6 Å². The minimum atomic E-state index is -0.0866. The molecule has 0 unspecified atom stereocenters. The number of nitrogen functional groups attached to an aromatic ring is 1. The second-order valence-corrected chi connectivity index (χ2v) is 10.1. The van der Waals surface area contributed by atoms with Crippen LogP contribution in [0.15, 0.2) is 54.6 Å². The SMILES string of the molecule is N=C(N)c1cccc(N(C(=O)NC2CCN(C(=O)CCc3ccccc3)CC2)C2CCCCCC2)c1. The second-order valence-electron chi connectivity index (χ2n) is 10.1. The Kier molecular flexibility index (Phi) is 8.98. The van der Waals surface area contributed by atoms with E-state index in [1.54, 1.807) is 6.07 Å². The third-order valence-corrected chi connectivity index (χ3v) is 7.49. The molecule has 7 heteroatoms. The molecule has 2 aliphatic rings. The Morgan fingerprint density at radius 1 is 0.944 bits per heavy atom. The van der Waals surface area contributed by atoms with Crippen molar-refractivity contribution in [3.8, 4) is 0 Å². The van der Waals surface area contributed by atoms with Crippen LogP contribution in [0.2, 0.25) is 0 Å². The smallest absolute Gasteiger partial charge is 0.322 e. The molecular formula is C29H39N5O2. The molecule has 0 atom stereocenters. The van der Waals surface area contributed by atoms with Crippen LogP contribution in [0.5, 0.6) is 0 Å². The molecule has 3 amide bonds. The molecule has 0 aromatic heterocycles. The highest BCUT2D eigenvalue weighted by Gasteiger charge is 2.30. The number of carbonyl (C=O) groups excluding carboxylic acids is 2. The number of amidine groups is 1. The fourth-order valence-electron chi connectivity index (χ4n) is 5.40. The molecule has 7 nitrogen and oxygen atoms in total. The van der Waals surface area contributed by atoms with Crippen LogP contribution >= 0.6 is 0 Å². The predicted octanol–water partition coefficient (Wildman–Crippen LogP) is 4.83. The summed E-state index contributed by atoms with van der Waals surface area (Å²) in [6.45, 7) is 1.34. The van der Waals surface area contributed by atoms with E-state index in [0.29, 0.717) is 25.1 Å². The largest absolute Gasteiger partial charge is 0.384 e. The molecule has 192 valence electrons. The summed E-state index contributed by atoms with van der Waals surface area (Å²) < 4.78 is 0. The van der Waals surface area contributed by atoms with Crippen molar-refractivity contribution in [1.82, 2.24) is 10.2 Å². The van der Waals surface area contributed by atoms with Gasteiger partial charge in [-0.15, -0.1) is 0 Å². The Morgan fingerprint density at radius 2 is 1.64 bits per heavy atom. The summed E-state index contributed by atoms with van der Waals surface area (Å²) in [5.74, 6) is 0.187. The maximum absolute atomic E-state index is 13.6. The van der Waals surface area contributed by atoms with E-state index < -0.39 is 0 Å². The quantitative estimate of drug-likeness (QED) is 0.295. The summed E-state index contributed by atoms with van der Waals surface area (Å²) in [6, 6.07) is 17.6. The summed E-state index contributed by atoms with van der Waals surface area (Å²) in [4.78, 5) is 30.2. The summed E-state index contributed by atoms with van der Waals surface area (Å²) in [5.41, 5.74) is 8.34. The lowest BCUT2D eigenvalue weighted by atomic mass is 10.0. The maximum Gasteiger partial charge on any atom is 0.322 e. The van der Waals surface area contributed by atoms with Crippen LogP contribution in [0.1, 0.15) is 68.9 Å². The van der Waals surface area contributed by atoms with Gasteiger partial charge in [-0.25, -0.2) is 4.79 Å². The van der Waals surface area contributed by atoms with Crippen molar-refractivity contribution in [3.05, 3.63) is 65.7 Å². The molecular weight excluding hydrogens is 450 g/mol. The van der Waals surface area contributed by atoms with Gasteiger partial charge in [0.2, 0.25) is 5.91 Å². The van der Waals surface area contributed by atoms with Crippen LogP contribution in [0.3, 0.4) is 0 Å². The van der Waals surface area contributed by atoms with E-state index in [1.807, 2.05) is 46.2 Å². The number of aryl methyl sites for hydroxylation is 1. The summed E-state index contributed by atoms with van der Waals surface area (Å²) in [5, 5.41) is 11.1. The molecule has 1 heterocycles. The van der Waals surface area contributed by atoms with Crippen LogP contribution in [-0.4, -0.2) is 47.8 Å². The first-order chi connectivity index (χ1) is 17.5. The van der Waals surface area contributed by atoms with Gasteiger partial charge in [-0.2, -0.15) is 0 Å². The lowest BCUT2D eigenvalue weighted by molar-refractivity contribution is -0.132. The number of anilines is 1. The lowest BCUT2D eigenvalue weighted by Crippen LogP contribution is -2.53. The molecule has 1 aliphatic carbocycles. The molecule has 1 saturated heterocycles. The van der Waals surface area contributed by atoms with Crippen molar-refractivity contribution in [3.63, 3.8) is 0 Å². The van der Waals surface area contributed by atoms with Crippen LogP contribution in [0.25, 0.3) is 0 Å². The number of nitrogens with two attached hydrogens (primary N) is 1. The van der Waals surface area contributed by atoms with E-state index in [4.69, 9.17) is 11.1 Å². The minimum Gasteiger partial charge on any atom is -0.384 e. The molecule has 4 rings (SSSR count). The zero-order chi connectivity index (χ0) is 25.3. The van der Waals surface area contributed by atoms with E-state index in [2.05, 4.69) is 17.4 Å². The Labute approximate surface area is 214 Å². The molecule has 0 spiro atoms. The monoisotopic (exact) mass is 489 g/mol. The number of benzene rings is 2. The Hall–Kier alpha value is -3.35. The standard InChI is InChI=1S/C29H39N5O2/c30-28(31)23-11-8-14-26(21-23)34(25-12-6-1-2-7-13-25)29(36)32-24-17-19-33(20-18-24)27(35)16-15-22-9-4-3-5-10-22/h3-5,8-11,14,21,24-25H,1-2,6-7,12-13,15-20H2,(H3,30,31)(H,32,36). The molecule has 4 N–H and O–H groups in total. The van der Waals surface area contributed by atoms with Gasteiger partial charge in [-0.1, -0.05) is 68.1 Å². The zero-order valence-electron chi connectivity index (χ0n) is 21.1. The summed E-state index contributed by atoms with van der Waals surface area (Å²) >= 11 is 0. The Balaban J connectivity index is 1.36. The third kappa shape index (κ3) is 6.86. The van der Waals surface area contributed by atoms with Crippen LogP contribution < -0.4 is 16.0 Å². The Morgan fingerprint density at radius 3 is 2.31 bits per heavy atom. The first kappa shape index (κ1) is 25.7. The van der Waals surface area contributed by atoms with Crippen LogP contribution in [0.4, 0.5) is 10.5 Å². The zero-order valence-corrected chi connectivity index (χ0v) is 21.1. The molecule has 1 saturated carbocycles. The van der Waals surface area contributed by atoms with Gasteiger partial charge in [0.1, 0.15) is 5.84 Å². The van der Waals surface area contributed by atoms with Crippen molar-refractivity contribution >= 4 is 23.5 Å². The van der Waals surface area contributed by atoms with Gasteiger partial charge in [-0.3, -0.25) is 15.1 Å². The van der Waals surface area contributed by atoms with Gasteiger partial charge >= 0.3 is 6.03 Å². The maximum atomic E-state index is 13.6. The number of hydrogen-bond acceptors (Lipinski definition) is 3. The molecule has 1 aliphatic heterocycles. The second kappa shape index (κ2) is 12.6. The molecule has 0 bridgehead atoms. The van der Waals surface area contributed by atoms with Gasteiger partial charge in [0, 0.05) is 42.8 Å². The first-order valence-electron chi connectivity index (χ1n) is 13.4. The van der Waals surface area contributed by atoms with Gasteiger partial charge in [-0.05, 0) is 49.8 Å². The van der Waals surface area contributed by atoms with Crippen molar-refractivity contribution in [1.29, 1.82) is 5.41 Å². The van der Waals surface area contributed by atoms with E-state index in [1.165, 1.54) is 18.4 Å². The third-order valence-electron chi connectivity index (χ3n) is 7.49. The van der Waals surface area contributed by atoms with E-state index in [9.17, 15) is 9.59 Å². The minimum absolute atomic E-state index is 0.00220. The average Bonchev–Trinajstić information content (AvgIpc) is 3.18. The fraction of sp³-hybridized carbons (Fsp3) is 0.483. The Bertz CT molecular complexity index is 1020. The van der Waals surface area contributed by atoms with Crippen molar-refractivity contribution < 1.29 is 9.59 Å². The number of piperidine rings is 1. The normalized spacial score (nSPS) is 17.3. The van der Waals surface area contributed by atoms with Crippen molar-refractivity contribution in [2.45, 2.75) is 76.3 Å².